The number of sulfonamides is 1. The monoisotopic (exact) mass is 481 g/mol. The Kier molecular flexibility index (Phi) is 7.03. The SMILES string of the molecule is CC1CCCCN1S(=O)(=O)c1cccc(C(=O)N2CCN(Cc3ccc(Cl)s3)CC2)c1. The largest absolute Gasteiger partial charge is 0.336 e. The van der Waals surface area contributed by atoms with E-state index in [0.29, 0.717) is 25.2 Å². The zero-order chi connectivity index (χ0) is 22.0. The maximum atomic E-state index is 13.2. The van der Waals surface area contributed by atoms with Gasteiger partial charge in [0, 0.05) is 55.8 Å². The molecule has 31 heavy (non-hydrogen) atoms. The lowest BCUT2D eigenvalue weighted by molar-refractivity contribution is 0.0629. The minimum absolute atomic E-state index is 0.00980. The van der Waals surface area contributed by atoms with Crippen LogP contribution in [0.15, 0.2) is 41.3 Å². The summed E-state index contributed by atoms with van der Waals surface area (Å²) < 4.78 is 28.7. The van der Waals surface area contributed by atoms with Crippen LogP contribution in [0.3, 0.4) is 0 Å². The van der Waals surface area contributed by atoms with Crippen LogP contribution >= 0.6 is 22.9 Å². The Bertz CT molecular complexity index is 1030. The van der Waals surface area contributed by atoms with Gasteiger partial charge in [-0.1, -0.05) is 24.1 Å². The molecule has 0 spiro atoms. The van der Waals surface area contributed by atoms with Crippen LogP contribution in [0.1, 0.15) is 41.4 Å². The van der Waals surface area contributed by atoms with Gasteiger partial charge in [-0.05, 0) is 50.1 Å². The normalized spacial score (nSPS) is 21.4. The van der Waals surface area contributed by atoms with Gasteiger partial charge in [0.1, 0.15) is 0 Å². The molecule has 1 atom stereocenters. The highest BCUT2D eigenvalue weighted by Crippen LogP contribution is 2.26. The first-order valence-electron chi connectivity index (χ1n) is 10.7. The van der Waals surface area contributed by atoms with Crippen LogP contribution in [0.25, 0.3) is 0 Å². The summed E-state index contributed by atoms with van der Waals surface area (Å²) in [5.41, 5.74) is 0.434. The second-order valence-electron chi connectivity index (χ2n) is 8.26. The van der Waals surface area contributed by atoms with Gasteiger partial charge in [-0.15, -0.1) is 11.3 Å². The molecule has 2 aromatic rings. The fourth-order valence-corrected chi connectivity index (χ4v) is 7.18. The van der Waals surface area contributed by atoms with Gasteiger partial charge in [-0.2, -0.15) is 4.31 Å². The van der Waals surface area contributed by atoms with E-state index in [1.165, 1.54) is 4.88 Å². The summed E-state index contributed by atoms with van der Waals surface area (Å²) in [5.74, 6) is -0.109. The molecular formula is C22H28ClN3O3S2. The number of rotatable bonds is 5. The lowest BCUT2D eigenvalue weighted by Crippen LogP contribution is -2.48. The number of nitrogens with zero attached hydrogens (tertiary/aromatic N) is 3. The van der Waals surface area contributed by atoms with Crippen molar-refractivity contribution in [3.05, 3.63) is 51.2 Å². The Labute approximate surface area is 193 Å². The molecule has 0 bridgehead atoms. The van der Waals surface area contributed by atoms with Gasteiger partial charge in [0.25, 0.3) is 5.91 Å². The Hall–Kier alpha value is -1.45. The number of amides is 1. The van der Waals surface area contributed by atoms with Crippen molar-refractivity contribution in [2.75, 3.05) is 32.7 Å². The van der Waals surface area contributed by atoms with E-state index in [0.717, 1.165) is 43.2 Å². The molecule has 2 fully saturated rings. The zero-order valence-electron chi connectivity index (χ0n) is 17.7. The number of hydrogen-bond acceptors (Lipinski definition) is 5. The molecule has 6 nitrogen and oxygen atoms in total. The van der Waals surface area contributed by atoms with E-state index in [1.54, 1.807) is 39.9 Å². The van der Waals surface area contributed by atoms with Gasteiger partial charge >= 0.3 is 0 Å². The van der Waals surface area contributed by atoms with Gasteiger partial charge in [0.15, 0.2) is 0 Å². The number of carbonyl (C=O) groups excluding carboxylic acids is 1. The number of thiophene rings is 1. The average Bonchev–Trinajstić information content (AvgIpc) is 3.18. The number of halogens is 1. The standard InChI is InChI=1S/C22H28ClN3O3S2/c1-17-5-2-3-10-26(17)31(28,29)20-7-4-6-18(15-20)22(27)25-13-11-24(12-14-25)16-19-8-9-21(23)30-19/h4,6-9,15,17H,2-3,5,10-14,16H2,1H3. The molecule has 0 aliphatic carbocycles. The van der Waals surface area contributed by atoms with Gasteiger partial charge in [-0.3, -0.25) is 9.69 Å². The summed E-state index contributed by atoms with van der Waals surface area (Å²) in [7, 11) is -3.59. The number of piperidine rings is 1. The second kappa shape index (κ2) is 9.58. The molecule has 1 aromatic heterocycles. The molecule has 1 aromatic carbocycles. The molecule has 2 saturated heterocycles. The maximum Gasteiger partial charge on any atom is 0.253 e. The summed E-state index contributed by atoms with van der Waals surface area (Å²) >= 11 is 7.60. The molecule has 4 rings (SSSR count). The van der Waals surface area contributed by atoms with Gasteiger partial charge < -0.3 is 4.90 Å². The van der Waals surface area contributed by atoms with E-state index in [9.17, 15) is 13.2 Å². The second-order valence-corrected chi connectivity index (χ2v) is 12.0. The highest BCUT2D eigenvalue weighted by Gasteiger charge is 2.31. The van der Waals surface area contributed by atoms with Crippen molar-refractivity contribution in [1.29, 1.82) is 0 Å². The summed E-state index contributed by atoms with van der Waals surface area (Å²) in [6.45, 7) is 6.14. The molecule has 2 aliphatic rings. The van der Waals surface area contributed by atoms with E-state index >= 15 is 0 Å². The third-order valence-electron chi connectivity index (χ3n) is 6.10. The van der Waals surface area contributed by atoms with Gasteiger partial charge in [-0.25, -0.2) is 8.42 Å². The predicted molar refractivity (Wildman–Crippen MR) is 124 cm³/mol. The smallest absolute Gasteiger partial charge is 0.253 e. The Balaban J connectivity index is 1.41. The van der Waals surface area contributed by atoms with Crippen LogP contribution in [-0.2, 0) is 16.6 Å². The molecular weight excluding hydrogens is 454 g/mol. The summed E-state index contributed by atoms with van der Waals surface area (Å²) in [4.78, 5) is 18.6. The van der Waals surface area contributed by atoms with E-state index in [2.05, 4.69) is 4.90 Å². The number of hydrogen-bond donors (Lipinski definition) is 0. The molecule has 2 aliphatic heterocycles. The van der Waals surface area contributed by atoms with Gasteiger partial charge in [0.05, 0.1) is 9.23 Å². The number of piperazine rings is 1. The predicted octanol–water partition coefficient (Wildman–Crippen LogP) is 3.92. The highest BCUT2D eigenvalue weighted by atomic mass is 35.5. The van der Waals surface area contributed by atoms with Crippen molar-refractivity contribution in [3.8, 4) is 0 Å². The fourth-order valence-electron chi connectivity index (χ4n) is 4.30. The first-order chi connectivity index (χ1) is 14.8. The molecule has 1 amide bonds. The van der Waals surface area contributed by atoms with Crippen LogP contribution in [0, 0.1) is 0 Å². The molecule has 0 saturated carbocycles. The first-order valence-corrected chi connectivity index (χ1v) is 13.4. The summed E-state index contributed by atoms with van der Waals surface area (Å²) in [6, 6.07) is 10.5. The Morgan fingerprint density at radius 3 is 2.55 bits per heavy atom. The van der Waals surface area contributed by atoms with Crippen LogP contribution in [0.4, 0.5) is 0 Å². The topological polar surface area (TPSA) is 60.9 Å². The third kappa shape index (κ3) is 5.14. The van der Waals surface area contributed by atoms with Crippen LogP contribution in [0.5, 0.6) is 0 Å². The van der Waals surface area contributed by atoms with E-state index in [-0.39, 0.29) is 16.8 Å². The van der Waals surface area contributed by atoms with Gasteiger partial charge in [0.2, 0.25) is 10.0 Å². The van der Waals surface area contributed by atoms with Crippen molar-refractivity contribution in [3.63, 3.8) is 0 Å². The molecule has 1 unspecified atom stereocenters. The third-order valence-corrected chi connectivity index (χ3v) is 9.32. The van der Waals surface area contributed by atoms with Crippen molar-refractivity contribution < 1.29 is 13.2 Å². The summed E-state index contributed by atoms with van der Waals surface area (Å²) in [6.07, 6.45) is 2.81. The zero-order valence-corrected chi connectivity index (χ0v) is 20.1. The van der Waals surface area contributed by atoms with E-state index in [4.69, 9.17) is 11.6 Å². The lowest BCUT2D eigenvalue weighted by atomic mass is 10.1. The molecule has 0 radical (unpaired) electrons. The number of benzene rings is 1. The Morgan fingerprint density at radius 1 is 1.10 bits per heavy atom. The van der Waals surface area contributed by atoms with E-state index in [1.807, 2.05) is 24.0 Å². The van der Waals surface area contributed by atoms with Crippen molar-refractivity contribution in [1.82, 2.24) is 14.1 Å². The first kappa shape index (κ1) is 22.7. The maximum absolute atomic E-state index is 13.2. The van der Waals surface area contributed by atoms with Crippen LogP contribution < -0.4 is 0 Å². The van der Waals surface area contributed by atoms with E-state index < -0.39 is 10.0 Å². The van der Waals surface area contributed by atoms with Crippen molar-refractivity contribution in [2.24, 2.45) is 0 Å². The van der Waals surface area contributed by atoms with Crippen LogP contribution in [0.2, 0.25) is 4.34 Å². The Morgan fingerprint density at radius 2 is 1.87 bits per heavy atom. The number of carbonyl (C=O) groups is 1. The summed E-state index contributed by atoms with van der Waals surface area (Å²) in [5, 5.41) is 0. The molecule has 9 heteroatoms. The minimum Gasteiger partial charge on any atom is -0.336 e. The molecule has 3 heterocycles. The average molecular weight is 482 g/mol. The molecule has 168 valence electrons. The fraction of sp³-hybridized carbons (Fsp3) is 0.500. The van der Waals surface area contributed by atoms with Crippen molar-refractivity contribution in [2.45, 2.75) is 43.7 Å². The quantitative estimate of drug-likeness (QED) is 0.649. The van der Waals surface area contributed by atoms with Crippen LogP contribution in [-0.4, -0.2) is 67.2 Å². The highest BCUT2D eigenvalue weighted by molar-refractivity contribution is 7.89. The van der Waals surface area contributed by atoms with Crippen molar-refractivity contribution >= 4 is 38.9 Å². The molecule has 0 N–H and O–H groups in total. The minimum atomic E-state index is -3.59. The lowest BCUT2D eigenvalue weighted by Gasteiger charge is -2.34.